The molecule has 0 saturated heterocycles. The van der Waals surface area contributed by atoms with E-state index in [0.717, 1.165) is 17.7 Å². The van der Waals surface area contributed by atoms with Crippen LogP contribution in [0.4, 0.5) is 0 Å². The number of aliphatic hydroxyl groups is 2. The first-order valence-electron chi connectivity index (χ1n) is 6.35. The molecule has 1 aromatic carbocycles. The number of benzene rings is 1. The summed E-state index contributed by atoms with van der Waals surface area (Å²) in [6, 6.07) is 7.80. The van der Waals surface area contributed by atoms with Crippen LogP contribution < -0.4 is 10.1 Å². The quantitative estimate of drug-likeness (QED) is 0.653. The SMILES string of the molecule is CC(C)NC(CO)CCOc1cccc(CO)c1. The number of ether oxygens (including phenoxy) is 1. The summed E-state index contributed by atoms with van der Waals surface area (Å²) in [4.78, 5) is 0. The molecule has 3 N–H and O–H groups in total. The summed E-state index contributed by atoms with van der Waals surface area (Å²) in [5.74, 6) is 0.753. The fourth-order valence-corrected chi connectivity index (χ4v) is 1.75. The van der Waals surface area contributed by atoms with Gasteiger partial charge in [-0.2, -0.15) is 0 Å². The van der Waals surface area contributed by atoms with E-state index in [2.05, 4.69) is 5.32 Å². The molecular formula is C14H23NO3. The molecule has 0 saturated carbocycles. The highest BCUT2D eigenvalue weighted by molar-refractivity contribution is 5.27. The third kappa shape index (κ3) is 5.49. The molecule has 1 atom stereocenters. The molecule has 0 aliphatic carbocycles. The average Bonchev–Trinajstić information content (AvgIpc) is 2.37. The van der Waals surface area contributed by atoms with Crippen LogP contribution in [0.3, 0.4) is 0 Å². The third-order valence-electron chi connectivity index (χ3n) is 2.61. The Morgan fingerprint density at radius 1 is 1.28 bits per heavy atom. The fourth-order valence-electron chi connectivity index (χ4n) is 1.75. The van der Waals surface area contributed by atoms with Gasteiger partial charge in [0.05, 0.1) is 19.8 Å². The van der Waals surface area contributed by atoms with E-state index < -0.39 is 0 Å². The molecule has 1 rings (SSSR count). The molecule has 102 valence electrons. The van der Waals surface area contributed by atoms with Crippen LogP contribution in [0.1, 0.15) is 25.8 Å². The second-order valence-electron chi connectivity index (χ2n) is 4.64. The van der Waals surface area contributed by atoms with Crippen molar-refractivity contribution in [2.75, 3.05) is 13.2 Å². The van der Waals surface area contributed by atoms with Crippen molar-refractivity contribution < 1.29 is 14.9 Å². The Balaban J connectivity index is 2.35. The Morgan fingerprint density at radius 3 is 2.67 bits per heavy atom. The van der Waals surface area contributed by atoms with Gasteiger partial charge in [-0.25, -0.2) is 0 Å². The van der Waals surface area contributed by atoms with Crippen LogP contribution >= 0.6 is 0 Å². The average molecular weight is 253 g/mol. The topological polar surface area (TPSA) is 61.7 Å². The van der Waals surface area contributed by atoms with E-state index in [0.29, 0.717) is 12.6 Å². The van der Waals surface area contributed by atoms with Crippen molar-refractivity contribution in [3.05, 3.63) is 29.8 Å². The Labute approximate surface area is 109 Å². The molecule has 18 heavy (non-hydrogen) atoms. The Hall–Kier alpha value is -1.10. The lowest BCUT2D eigenvalue weighted by molar-refractivity contribution is 0.202. The van der Waals surface area contributed by atoms with E-state index in [1.165, 1.54) is 0 Å². The molecule has 4 heteroatoms. The van der Waals surface area contributed by atoms with Crippen LogP contribution in [0.25, 0.3) is 0 Å². The second kappa shape index (κ2) is 8.08. The molecule has 0 fully saturated rings. The maximum Gasteiger partial charge on any atom is 0.119 e. The first-order chi connectivity index (χ1) is 8.65. The maximum absolute atomic E-state index is 9.20. The number of nitrogens with one attached hydrogen (secondary N) is 1. The fraction of sp³-hybridized carbons (Fsp3) is 0.571. The minimum Gasteiger partial charge on any atom is -0.494 e. The lowest BCUT2D eigenvalue weighted by Gasteiger charge is -2.19. The normalized spacial score (nSPS) is 12.7. The third-order valence-corrected chi connectivity index (χ3v) is 2.61. The molecule has 0 amide bonds. The van der Waals surface area contributed by atoms with E-state index in [1.54, 1.807) is 0 Å². The maximum atomic E-state index is 9.20. The Bertz CT molecular complexity index is 342. The summed E-state index contributed by atoms with van der Waals surface area (Å²) >= 11 is 0. The largest absolute Gasteiger partial charge is 0.494 e. The van der Waals surface area contributed by atoms with Gasteiger partial charge in [0.1, 0.15) is 5.75 Å². The van der Waals surface area contributed by atoms with E-state index in [1.807, 2.05) is 38.1 Å². The van der Waals surface area contributed by atoms with Gasteiger partial charge in [-0.1, -0.05) is 26.0 Å². The van der Waals surface area contributed by atoms with E-state index in [4.69, 9.17) is 9.84 Å². The summed E-state index contributed by atoms with van der Waals surface area (Å²) in [6.07, 6.45) is 0.748. The van der Waals surface area contributed by atoms with Crippen LogP contribution in [0.5, 0.6) is 5.75 Å². The number of hydrogen-bond acceptors (Lipinski definition) is 4. The van der Waals surface area contributed by atoms with Gasteiger partial charge in [-0.05, 0) is 24.1 Å². The van der Waals surface area contributed by atoms with E-state index >= 15 is 0 Å². The van der Waals surface area contributed by atoms with E-state index in [-0.39, 0.29) is 19.3 Å². The van der Waals surface area contributed by atoms with Crippen molar-refractivity contribution in [2.45, 2.75) is 39.0 Å². The smallest absolute Gasteiger partial charge is 0.119 e. The van der Waals surface area contributed by atoms with Gasteiger partial charge in [0.25, 0.3) is 0 Å². The van der Waals surface area contributed by atoms with Gasteiger partial charge in [0.2, 0.25) is 0 Å². The first-order valence-corrected chi connectivity index (χ1v) is 6.35. The summed E-state index contributed by atoms with van der Waals surface area (Å²) in [6.45, 7) is 4.77. The molecule has 0 spiro atoms. The zero-order chi connectivity index (χ0) is 13.4. The van der Waals surface area contributed by atoms with Gasteiger partial charge >= 0.3 is 0 Å². The molecule has 4 nitrogen and oxygen atoms in total. The minimum absolute atomic E-state index is 0.0192. The van der Waals surface area contributed by atoms with Gasteiger partial charge in [0.15, 0.2) is 0 Å². The van der Waals surface area contributed by atoms with Crippen LogP contribution in [-0.2, 0) is 6.61 Å². The molecule has 1 unspecified atom stereocenters. The lowest BCUT2D eigenvalue weighted by atomic mass is 10.2. The van der Waals surface area contributed by atoms with Crippen LogP contribution in [0.2, 0.25) is 0 Å². The first kappa shape index (κ1) is 15.0. The minimum atomic E-state index is 0.0192. The zero-order valence-electron chi connectivity index (χ0n) is 11.1. The Kier molecular flexibility index (Phi) is 6.72. The van der Waals surface area contributed by atoms with Gasteiger partial charge < -0.3 is 20.3 Å². The molecule has 0 bridgehead atoms. The molecule has 0 aliphatic rings. The summed E-state index contributed by atoms with van der Waals surface area (Å²) in [5, 5.41) is 21.5. The Morgan fingerprint density at radius 2 is 2.06 bits per heavy atom. The van der Waals surface area contributed by atoms with Crippen molar-refractivity contribution in [1.29, 1.82) is 0 Å². The predicted molar refractivity (Wildman–Crippen MR) is 71.6 cm³/mol. The zero-order valence-corrected chi connectivity index (χ0v) is 11.1. The van der Waals surface area contributed by atoms with Crippen LogP contribution in [0.15, 0.2) is 24.3 Å². The van der Waals surface area contributed by atoms with Crippen LogP contribution in [0, 0.1) is 0 Å². The van der Waals surface area contributed by atoms with Crippen molar-refractivity contribution >= 4 is 0 Å². The van der Waals surface area contributed by atoms with Crippen molar-refractivity contribution in [3.63, 3.8) is 0 Å². The van der Waals surface area contributed by atoms with Gasteiger partial charge in [0, 0.05) is 12.1 Å². The lowest BCUT2D eigenvalue weighted by Crippen LogP contribution is -2.38. The molecule has 0 radical (unpaired) electrons. The van der Waals surface area contributed by atoms with Gasteiger partial charge in [-0.3, -0.25) is 0 Å². The summed E-state index contributed by atoms with van der Waals surface area (Å²) in [7, 11) is 0. The summed E-state index contributed by atoms with van der Waals surface area (Å²) < 4.78 is 5.60. The molecular weight excluding hydrogens is 230 g/mol. The number of hydrogen-bond donors (Lipinski definition) is 3. The molecule has 1 aromatic rings. The highest BCUT2D eigenvalue weighted by Gasteiger charge is 2.08. The van der Waals surface area contributed by atoms with Crippen molar-refractivity contribution in [3.8, 4) is 5.75 Å². The number of rotatable bonds is 8. The standard InChI is InChI=1S/C14H23NO3/c1-11(2)15-13(10-17)6-7-18-14-5-3-4-12(8-14)9-16/h3-5,8,11,13,15-17H,6-7,9-10H2,1-2H3. The second-order valence-corrected chi connectivity index (χ2v) is 4.64. The van der Waals surface area contributed by atoms with Crippen molar-refractivity contribution in [2.24, 2.45) is 0 Å². The summed E-state index contributed by atoms with van der Waals surface area (Å²) in [5.41, 5.74) is 0.839. The molecule has 0 heterocycles. The van der Waals surface area contributed by atoms with E-state index in [9.17, 15) is 5.11 Å². The molecule has 0 aliphatic heterocycles. The number of aliphatic hydroxyl groups excluding tert-OH is 2. The molecule has 0 aromatic heterocycles. The van der Waals surface area contributed by atoms with Crippen LogP contribution in [-0.4, -0.2) is 35.5 Å². The monoisotopic (exact) mass is 253 g/mol. The van der Waals surface area contributed by atoms with Crippen molar-refractivity contribution in [1.82, 2.24) is 5.32 Å². The highest BCUT2D eigenvalue weighted by Crippen LogP contribution is 2.13. The predicted octanol–water partition coefficient (Wildman–Crippen LogP) is 1.31. The highest BCUT2D eigenvalue weighted by atomic mass is 16.5. The van der Waals surface area contributed by atoms with Gasteiger partial charge in [-0.15, -0.1) is 0 Å².